The highest BCUT2D eigenvalue weighted by molar-refractivity contribution is 5.90. The number of nitrogens with one attached hydrogen (secondary N) is 1. The number of para-hydroxylation sites is 2. The summed E-state index contributed by atoms with van der Waals surface area (Å²) in [5.41, 5.74) is 3.99. The summed E-state index contributed by atoms with van der Waals surface area (Å²) < 4.78 is 4.10. The van der Waals surface area contributed by atoms with Gasteiger partial charge >= 0.3 is 6.03 Å². The van der Waals surface area contributed by atoms with Gasteiger partial charge in [-0.2, -0.15) is 5.10 Å². The Kier molecular flexibility index (Phi) is 5.16. The topological polar surface area (TPSA) is 68.0 Å². The van der Waals surface area contributed by atoms with E-state index < -0.39 is 0 Å². The molecule has 1 N–H and O–H groups in total. The molecule has 7 heteroatoms. The molecule has 1 fully saturated rings. The highest BCUT2D eigenvalue weighted by Gasteiger charge is 2.33. The van der Waals surface area contributed by atoms with E-state index in [4.69, 9.17) is 4.98 Å². The second-order valence-electron chi connectivity index (χ2n) is 7.89. The number of likely N-dealkylation sites (tertiary alicyclic amines) is 1. The first-order chi connectivity index (χ1) is 15.2. The number of imidazole rings is 1. The molecule has 1 saturated heterocycles. The highest BCUT2D eigenvalue weighted by Crippen LogP contribution is 2.34. The molecular weight excluding hydrogens is 388 g/mol. The summed E-state index contributed by atoms with van der Waals surface area (Å²) in [7, 11) is 0. The molecule has 158 valence electrons. The Bertz CT molecular complexity index is 1200. The Morgan fingerprint density at radius 1 is 1.16 bits per heavy atom. The fourth-order valence-corrected chi connectivity index (χ4v) is 4.48. The van der Waals surface area contributed by atoms with E-state index in [9.17, 15) is 4.79 Å². The molecule has 1 aliphatic rings. The van der Waals surface area contributed by atoms with E-state index in [1.165, 1.54) is 0 Å². The molecule has 0 bridgehead atoms. The molecule has 0 aliphatic carbocycles. The predicted octanol–water partition coefficient (Wildman–Crippen LogP) is 4.67. The largest absolute Gasteiger partial charge is 0.327 e. The standard InChI is InChI=1S/C24H26N6O/c1-2-29-21-11-4-3-10-20(21)27-23(29)22-12-6-15-30(22)24(31)26-19-9-5-8-18(16-19)17-28-14-7-13-25-28/h3-5,7-11,13-14,16,22H,2,6,12,15,17H2,1H3,(H,26,31). The lowest BCUT2D eigenvalue weighted by Gasteiger charge is -2.25. The number of hydrogen-bond donors (Lipinski definition) is 1. The predicted molar refractivity (Wildman–Crippen MR) is 121 cm³/mol. The fourth-order valence-electron chi connectivity index (χ4n) is 4.48. The number of aryl methyl sites for hydroxylation is 1. The van der Waals surface area contributed by atoms with Crippen LogP contribution in [0, 0.1) is 0 Å². The van der Waals surface area contributed by atoms with E-state index in [1.807, 2.05) is 64.3 Å². The molecular formula is C24H26N6O. The molecule has 2 amide bonds. The van der Waals surface area contributed by atoms with Crippen LogP contribution in [-0.4, -0.2) is 36.8 Å². The monoisotopic (exact) mass is 414 g/mol. The second kappa shape index (κ2) is 8.26. The van der Waals surface area contributed by atoms with Crippen molar-refractivity contribution in [3.8, 4) is 0 Å². The van der Waals surface area contributed by atoms with Crippen LogP contribution in [0.25, 0.3) is 11.0 Å². The normalized spacial score (nSPS) is 16.2. The number of urea groups is 1. The Balaban J connectivity index is 1.36. The summed E-state index contributed by atoms with van der Waals surface area (Å²) in [5.74, 6) is 0.976. The molecule has 1 unspecified atom stereocenters. The molecule has 7 nitrogen and oxygen atoms in total. The van der Waals surface area contributed by atoms with Gasteiger partial charge in [-0.25, -0.2) is 9.78 Å². The van der Waals surface area contributed by atoms with Gasteiger partial charge in [-0.15, -0.1) is 0 Å². The first-order valence-corrected chi connectivity index (χ1v) is 10.8. The third-order valence-electron chi connectivity index (χ3n) is 5.89. The number of anilines is 1. The van der Waals surface area contributed by atoms with Gasteiger partial charge < -0.3 is 14.8 Å². The summed E-state index contributed by atoms with van der Waals surface area (Å²) >= 11 is 0. The van der Waals surface area contributed by atoms with Crippen LogP contribution in [-0.2, 0) is 13.1 Å². The van der Waals surface area contributed by atoms with Gasteiger partial charge in [0.05, 0.1) is 23.6 Å². The minimum absolute atomic E-state index is 0.0143. The van der Waals surface area contributed by atoms with Crippen LogP contribution in [0.1, 0.15) is 37.2 Å². The van der Waals surface area contributed by atoms with Crippen LogP contribution in [0.2, 0.25) is 0 Å². The summed E-state index contributed by atoms with van der Waals surface area (Å²) in [4.78, 5) is 20.0. The van der Waals surface area contributed by atoms with Crippen molar-refractivity contribution < 1.29 is 4.79 Å². The Labute approximate surface area is 181 Å². The van der Waals surface area contributed by atoms with Crippen LogP contribution < -0.4 is 5.32 Å². The lowest BCUT2D eigenvalue weighted by molar-refractivity contribution is 0.204. The van der Waals surface area contributed by atoms with Gasteiger partial charge in [0.1, 0.15) is 5.82 Å². The molecule has 1 aliphatic heterocycles. The number of rotatable bonds is 5. The average Bonchev–Trinajstić information content (AvgIpc) is 3.53. The maximum Gasteiger partial charge on any atom is 0.322 e. The van der Waals surface area contributed by atoms with Crippen molar-refractivity contribution in [1.82, 2.24) is 24.2 Å². The van der Waals surface area contributed by atoms with E-state index in [1.54, 1.807) is 6.20 Å². The van der Waals surface area contributed by atoms with E-state index in [0.717, 1.165) is 54.0 Å². The zero-order chi connectivity index (χ0) is 21.2. The average molecular weight is 415 g/mol. The van der Waals surface area contributed by atoms with Gasteiger partial charge in [-0.1, -0.05) is 24.3 Å². The number of aromatic nitrogens is 4. The maximum absolute atomic E-state index is 13.2. The number of carbonyl (C=O) groups is 1. The molecule has 0 spiro atoms. The number of nitrogens with zero attached hydrogens (tertiary/aromatic N) is 5. The van der Waals surface area contributed by atoms with Gasteiger partial charge in [0, 0.05) is 31.2 Å². The molecule has 1 atom stereocenters. The number of carbonyl (C=O) groups excluding carboxylic acids is 1. The Morgan fingerprint density at radius 2 is 2.06 bits per heavy atom. The Hall–Kier alpha value is -3.61. The van der Waals surface area contributed by atoms with E-state index in [2.05, 4.69) is 28.0 Å². The Morgan fingerprint density at radius 3 is 2.90 bits per heavy atom. The number of hydrogen-bond acceptors (Lipinski definition) is 3. The van der Waals surface area contributed by atoms with Gasteiger partial charge in [-0.3, -0.25) is 4.68 Å². The zero-order valence-corrected chi connectivity index (χ0v) is 17.6. The quantitative estimate of drug-likeness (QED) is 0.516. The van der Waals surface area contributed by atoms with Gasteiger partial charge in [0.15, 0.2) is 0 Å². The lowest BCUT2D eigenvalue weighted by Crippen LogP contribution is -2.35. The summed E-state index contributed by atoms with van der Waals surface area (Å²) in [5, 5.41) is 7.35. The van der Waals surface area contributed by atoms with Crippen LogP contribution in [0.15, 0.2) is 67.0 Å². The van der Waals surface area contributed by atoms with Crippen molar-refractivity contribution in [3.05, 3.63) is 78.4 Å². The highest BCUT2D eigenvalue weighted by atomic mass is 16.2. The third kappa shape index (κ3) is 3.79. The van der Waals surface area contributed by atoms with Crippen molar-refractivity contribution in [3.63, 3.8) is 0 Å². The van der Waals surface area contributed by atoms with Crippen LogP contribution in [0.3, 0.4) is 0 Å². The SMILES string of the molecule is CCn1c(C2CCCN2C(=O)Nc2cccc(Cn3cccn3)c2)nc2ccccc21. The van der Waals surface area contributed by atoms with E-state index in [-0.39, 0.29) is 12.1 Å². The first-order valence-electron chi connectivity index (χ1n) is 10.8. The molecule has 0 radical (unpaired) electrons. The molecule has 5 rings (SSSR count). The molecule has 3 heterocycles. The van der Waals surface area contributed by atoms with E-state index >= 15 is 0 Å². The van der Waals surface area contributed by atoms with Gasteiger partial charge in [0.25, 0.3) is 0 Å². The molecule has 0 saturated carbocycles. The molecule has 2 aromatic heterocycles. The molecule has 31 heavy (non-hydrogen) atoms. The minimum Gasteiger partial charge on any atom is -0.327 e. The smallest absolute Gasteiger partial charge is 0.322 e. The number of amides is 2. The molecule has 2 aromatic carbocycles. The zero-order valence-electron chi connectivity index (χ0n) is 17.6. The number of benzene rings is 2. The summed E-state index contributed by atoms with van der Waals surface area (Å²) in [6.07, 6.45) is 5.60. The second-order valence-corrected chi connectivity index (χ2v) is 7.89. The number of fused-ring (bicyclic) bond motifs is 1. The van der Waals surface area contributed by atoms with Crippen molar-refractivity contribution in [2.45, 2.75) is 38.9 Å². The van der Waals surface area contributed by atoms with E-state index in [0.29, 0.717) is 6.54 Å². The third-order valence-corrected chi connectivity index (χ3v) is 5.89. The lowest BCUT2D eigenvalue weighted by atomic mass is 10.2. The van der Waals surface area contributed by atoms with Gasteiger partial charge in [-0.05, 0) is 55.7 Å². The van der Waals surface area contributed by atoms with Crippen LogP contribution in [0.5, 0.6) is 0 Å². The summed E-state index contributed by atoms with van der Waals surface area (Å²) in [6, 6.07) is 17.9. The van der Waals surface area contributed by atoms with Crippen molar-refractivity contribution in [2.24, 2.45) is 0 Å². The fraction of sp³-hybridized carbons (Fsp3) is 0.292. The minimum atomic E-state index is -0.0755. The van der Waals surface area contributed by atoms with Gasteiger partial charge in [0.2, 0.25) is 0 Å². The van der Waals surface area contributed by atoms with Crippen LogP contribution in [0.4, 0.5) is 10.5 Å². The van der Waals surface area contributed by atoms with Crippen molar-refractivity contribution in [1.29, 1.82) is 0 Å². The van der Waals surface area contributed by atoms with Crippen LogP contribution >= 0.6 is 0 Å². The van der Waals surface area contributed by atoms with Crippen molar-refractivity contribution in [2.75, 3.05) is 11.9 Å². The molecule has 4 aromatic rings. The maximum atomic E-state index is 13.2. The first kappa shape index (κ1) is 19.4. The van der Waals surface area contributed by atoms with Crippen molar-refractivity contribution >= 4 is 22.8 Å². The summed E-state index contributed by atoms with van der Waals surface area (Å²) in [6.45, 7) is 4.36.